The molecule has 1 aromatic heterocycles. The summed E-state index contributed by atoms with van der Waals surface area (Å²) < 4.78 is 7.44. The fourth-order valence-electron chi connectivity index (χ4n) is 2.06. The third kappa shape index (κ3) is 5.84. The molecule has 0 aliphatic carbocycles. The largest absolute Gasteiger partial charge is 0.462 e. The molecule has 1 aromatic carbocycles. The second kappa shape index (κ2) is 9.41. The number of hydrogen-bond acceptors (Lipinski definition) is 6. The average molecular weight is 451 g/mol. The molecule has 0 bridgehead atoms. The molecule has 6 nitrogen and oxygen atoms in total. The van der Waals surface area contributed by atoms with Gasteiger partial charge in [-0.3, -0.25) is 4.79 Å². The molecule has 0 saturated carbocycles. The van der Waals surface area contributed by atoms with Gasteiger partial charge in [0.05, 0.1) is 6.61 Å². The number of hydrogen-bond donors (Lipinski definition) is 1. The first-order chi connectivity index (χ1) is 12.7. The summed E-state index contributed by atoms with van der Waals surface area (Å²) >= 11 is 17.2. The van der Waals surface area contributed by atoms with Gasteiger partial charge in [-0.05, 0) is 12.5 Å². The minimum Gasteiger partial charge on any atom is -0.462 e. The van der Waals surface area contributed by atoms with Crippen LogP contribution >= 0.6 is 46.1 Å². The highest BCUT2D eigenvalue weighted by molar-refractivity contribution is 7.15. The van der Waals surface area contributed by atoms with Crippen LogP contribution in [0.3, 0.4) is 0 Å². The fraction of sp³-hybridized carbons (Fsp3) is 0.235. The zero-order chi connectivity index (χ0) is 20.0. The van der Waals surface area contributed by atoms with Crippen molar-refractivity contribution in [2.45, 2.75) is 10.7 Å². The quantitative estimate of drug-likeness (QED) is 0.519. The van der Waals surface area contributed by atoms with Crippen molar-refractivity contribution in [3.05, 3.63) is 41.3 Å². The molecule has 1 heterocycles. The summed E-state index contributed by atoms with van der Waals surface area (Å²) in [4.78, 5) is 35.9. The normalized spacial score (nSPS) is 11.0. The third-order valence-corrected chi connectivity index (χ3v) is 4.53. The highest BCUT2D eigenvalue weighted by Gasteiger charge is 2.33. The van der Waals surface area contributed by atoms with Crippen molar-refractivity contribution in [2.75, 3.05) is 18.5 Å². The topological polar surface area (TPSA) is 81.7 Å². The number of carbonyl (C=O) groups excluding carboxylic acids is 3. The van der Waals surface area contributed by atoms with Crippen molar-refractivity contribution < 1.29 is 23.9 Å². The van der Waals surface area contributed by atoms with Gasteiger partial charge in [-0.25, -0.2) is 9.59 Å². The van der Waals surface area contributed by atoms with E-state index in [0.717, 1.165) is 16.9 Å². The van der Waals surface area contributed by atoms with Gasteiger partial charge >= 0.3 is 11.9 Å². The highest BCUT2D eigenvalue weighted by Crippen LogP contribution is 2.36. The fourth-order valence-corrected chi connectivity index (χ4v) is 3.20. The van der Waals surface area contributed by atoms with Gasteiger partial charge in [0, 0.05) is 10.9 Å². The molecule has 0 unspecified atom stereocenters. The van der Waals surface area contributed by atoms with Crippen molar-refractivity contribution in [1.29, 1.82) is 0 Å². The van der Waals surface area contributed by atoms with Gasteiger partial charge in [0.2, 0.25) is 0 Å². The van der Waals surface area contributed by atoms with Gasteiger partial charge in [-0.15, -0.1) is 11.3 Å². The van der Waals surface area contributed by atoms with E-state index in [1.165, 1.54) is 0 Å². The molecule has 0 aliphatic rings. The average Bonchev–Trinajstić information content (AvgIpc) is 3.03. The van der Waals surface area contributed by atoms with E-state index in [4.69, 9.17) is 39.5 Å². The first kappa shape index (κ1) is 21.5. The Morgan fingerprint density at radius 1 is 1.11 bits per heavy atom. The van der Waals surface area contributed by atoms with Crippen molar-refractivity contribution in [3.63, 3.8) is 0 Å². The maximum atomic E-state index is 12.4. The molecular formula is C17H14Cl3NO5S. The molecule has 0 fully saturated rings. The van der Waals surface area contributed by atoms with Crippen LogP contribution in [-0.2, 0) is 19.1 Å². The van der Waals surface area contributed by atoms with Crippen molar-refractivity contribution in [3.8, 4) is 11.1 Å². The van der Waals surface area contributed by atoms with Crippen LogP contribution in [-0.4, -0.2) is 34.9 Å². The molecule has 2 aromatic rings. The molecule has 0 aliphatic heterocycles. The predicted molar refractivity (Wildman–Crippen MR) is 106 cm³/mol. The standard InChI is InChI=1S/C17H14Cl3NO5S/c1-2-25-15(23)13-11(10-6-4-3-5-7-10)9-27-14(13)21-12(22)8-26-16(24)17(18,19)20/h3-7,9H,2,8H2,1H3,(H,21,22). The Labute approximate surface area is 174 Å². The molecule has 1 amide bonds. The van der Waals surface area contributed by atoms with Gasteiger partial charge in [0.25, 0.3) is 9.70 Å². The number of nitrogens with one attached hydrogen (secondary N) is 1. The van der Waals surface area contributed by atoms with E-state index in [2.05, 4.69) is 10.1 Å². The predicted octanol–water partition coefficient (Wildman–Crippen LogP) is 4.44. The molecule has 0 radical (unpaired) electrons. The molecule has 0 spiro atoms. The smallest absolute Gasteiger partial charge is 0.359 e. The molecule has 27 heavy (non-hydrogen) atoms. The Bertz CT molecular complexity index is 833. The van der Waals surface area contributed by atoms with Gasteiger partial charge in [-0.1, -0.05) is 65.1 Å². The van der Waals surface area contributed by atoms with E-state index >= 15 is 0 Å². The first-order valence-electron chi connectivity index (χ1n) is 7.61. The lowest BCUT2D eigenvalue weighted by Gasteiger charge is -2.11. The Kier molecular flexibility index (Phi) is 7.49. The number of carbonyl (C=O) groups is 3. The second-order valence-corrected chi connectivity index (χ2v) is 8.22. The van der Waals surface area contributed by atoms with Crippen molar-refractivity contribution in [2.24, 2.45) is 0 Å². The number of alkyl halides is 3. The zero-order valence-corrected chi connectivity index (χ0v) is 17.0. The van der Waals surface area contributed by atoms with Gasteiger partial charge in [0.15, 0.2) is 6.61 Å². The molecule has 0 saturated heterocycles. The van der Waals surface area contributed by atoms with E-state index in [9.17, 15) is 14.4 Å². The monoisotopic (exact) mass is 449 g/mol. The number of ether oxygens (including phenoxy) is 2. The molecule has 144 valence electrons. The number of thiophene rings is 1. The van der Waals surface area contributed by atoms with Crippen LogP contribution in [0.2, 0.25) is 0 Å². The minimum atomic E-state index is -2.28. The highest BCUT2D eigenvalue weighted by atomic mass is 35.6. The van der Waals surface area contributed by atoms with E-state index in [1.54, 1.807) is 12.3 Å². The molecule has 1 N–H and O–H groups in total. The van der Waals surface area contributed by atoms with Crippen LogP contribution in [0.15, 0.2) is 35.7 Å². The number of amides is 1. The van der Waals surface area contributed by atoms with E-state index in [0.29, 0.717) is 5.56 Å². The number of esters is 2. The molecular weight excluding hydrogens is 437 g/mol. The van der Waals surface area contributed by atoms with Crippen LogP contribution in [0.5, 0.6) is 0 Å². The van der Waals surface area contributed by atoms with Crippen LogP contribution in [0.25, 0.3) is 11.1 Å². The lowest BCUT2D eigenvalue weighted by Crippen LogP contribution is -2.27. The summed E-state index contributed by atoms with van der Waals surface area (Å²) in [6, 6.07) is 9.17. The van der Waals surface area contributed by atoms with Crippen LogP contribution in [0.4, 0.5) is 5.00 Å². The van der Waals surface area contributed by atoms with Crippen molar-refractivity contribution in [1.82, 2.24) is 0 Å². The minimum absolute atomic E-state index is 0.178. The lowest BCUT2D eigenvalue weighted by atomic mass is 10.0. The lowest BCUT2D eigenvalue weighted by molar-refractivity contribution is -0.146. The summed E-state index contributed by atoms with van der Waals surface area (Å²) in [5.41, 5.74) is 1.63. The van der Waals surface area contributed by atoms with Crippen LogP contribution in [0, 0.1) is 0 Å². The summed E-state index contributed by atoms with van der Waals surface area (Å²) in [6.07, 6.45) is 0. The van der Waals surface area contributed by atoms with E-state index < -0.39 is 28.2 Å². The number of benzene rings is 1. The molecule has 10 heteroatoms. The van der Waals surface area contributed by atoms with Gasteiger partial charge in [-0.2, -0.15) is 0 Å². The Morgan fingerprint density at radius 2 is 1.78 bits per heavy atom. The number of anilines is 1. The summed E-state index contributed by atoms with van der Waals surface area (Å²) in [5.74, 6) is -2.44. The maximum Gasteiger partial charge on any atom is 0.359 e. The van der Waals surface area contributed by atoms with Crippen LogP contribution < -0.4 is 5.32 Å². The second-order valence-electron chi connectivity index (χ2n) is 5.06. The first-order valence-corrected chi connectivity index (χ1v) is 9.63. The number of halogens is 3. The number of rotatable bonds is 6. The zero-order valence-electron chi connectivity index (χ0n) is 14.0. The SMILES string of the molecule is CCOC(=O)c1c(-c2ccccc2)csc1NC(=O)COC(=O)C(Cl)(Cl)Cl. The van der Waals surface area contributed by atoms with Crippen LogP contribution in [0.1, 0.15) is 17.3 Å². The third-order valence-electron chi connectivity index (χ3n) is 3.17. The molecule has 0 atom stereocenters. The Balaban J connectivity index is 2.21. The summed E-state index contributed by atoms with van der Waals surface area (Å²) in [7, 11) is 0. The van der Waals surface area contributed by atoms with E-state index in [1.807, 2.05) is 30.3 Å². The Hall–Kier alpha value is -1.80. The summed E-state index contributed by atoms with van der Waals surface area (Å²) in [5, 5.41) is 4.51. The summed E-state index contributed by atoms with van der Waals surface area (Å²) in [6.45, 7) is 1.19. The van der Waals surface area contributed by atoms with E-state index in [-0.39, 0.29) is 17.2 Å². The maximum absolute atomic E-state index is 12.4. The van der Waals surface area contributed by atoms with Crippen molar-refractivity contribution >= 4 is 69.0 Å². The van der Waals surface area contributed by atoms with Gasteiger partial charge < -0.3 is 14.8 Å². The molecule has 2 rings (SSSR count). The Morgan fingerprint density at radius 3 is 2.37 bits per heavy atom. The van der Waals surface area contributed by atoms with Gasteiger partial charge in [0.1, 0.15) is 10.6 Å².